The van der Waals surface area contributed by atoms with Crippen molar-refractivity contribution in [1.82, 2.24) is 0 Å². The number of aliphatic hydroxyl groups excluding tert-OH is 1. The highest BCUT2D eigenvalue weighted by Crippen LogP contribution is 2.30. The molecule has 0 radical (unpaired) electrons. The van der Waals surface area contributed by atoms with E-state index >= 15 is 0 Å². The first kappa shape index (κ1) is 14.2. The van der Waals surface area contributed by atoms with Gasteiger partial charge in [0.1, 0.15) is 5.82 Å². The molecule has 18 heavy (non-hydrogen) atoms. The molecule has 1 fully saturated rings. The minimum Gasteiger partial charge on any atom is -0.392 e. The minimum atomic E-state index is -0.497. The maximum Gasteiger partial charge on any atom is 0.145 e. The molecule has 1 N–H and O–H groups in total. The van der Waals surface area contributed by atoms with Crippen LogP contribution in [0.25, 0.3) is 0 Å². The predicted octanol–water partition coefficient (Wildman–Crippen LogP) is 4.06. The first-order valence-corrected chi connectivity index (χ1v) is 7.82. The quantitative estimate of drug-likeness (QED) is 0.882. The van der Waals surface area contributed by atoms with Crippen molar-refractivity contribution in [3.8, 4) is 0 Å². The van der Waals surface area contributed by atoms with Crippen LogP contribution in [-0.2, 0) is 6.42 Å². The van der Waals surface area contributed by atoms with Gasteiger partial charge in [0, 0.05) is 17.4 Å². The van der Waals surface area contributed by atoms with Gasteiger partial charge in [-0.05, 0) is 24.5 Å². The van der Waals surface area contributed by atoms with Gasteiger partial charge in [-0.2, -0.15) is 11.8 Å². The molecule has 0 spiro atoms. The summed E-state index contributed by atoms with van der Waals surface area (Å²) < 4.78 is 13.7. The fourth-order valence-electron chi connectivity index (χ4n) is 2.32. The molecule has 1 aliphatic carbocycles. The summed E-state index contributed by atoms with van der Waals surface area (Å²) in [5.41, 5.74) is 0.502. The largest absolute Gasteiger partial charge is 0.392 e. The third-order valence-electron chi connectivity index (χ3n) is 3.31. The first-order valence-electron chi connectivity index (χ1n) is 6.39. The second-order valence-corrected chi connectivity index (χ2v) is 6.55. The molecule has 1 unspecified atom stereocenters. The molecule has 1 aromatic rings. The van der Waals surface area contributed by atoms with Crippen LogP contribution in [0.1, 0.15) is 31.2 Å². The SMILES string of the molecule is OC(CSC1CCCC1)Cc1cccc(Cl)c1F. The molecular weight excluding hydrogens is 271 g/mol. The molecule has 1 saturated carbocycles. The van der Waals surface area contributed by atoms with Gasteiger partial charge in [0.2, 0.25) is 0 Å². The van der Waals surface area contributed by atoms with Crippen LogP contribution < -0.4 is 0 Å². The molecule has 0 aromatic heterocycles. The molecule has 0 heterocycles. The summed E-state index contributed by atoms with van der Waals surface area (Å²) >= 11 is 7.53. The number of hydrogen-bond donors (Lipinski definition) is 1. The lowest BCUT2D eigenvalue weighted by Gasteiger charge is -2.14. The van der Waals surface area contributed by atoms with E-state index in [2.05, 4.69) is 0 Å². The second kappa shape index (κ2) is 6.78. The molecule has 1 atom stereocenters. The van der Waals surface area contributed by atoms with Gasteiger partial charge in [-0.3, -0.25) is 0 Å². The number of rotatable bonds is 5. The van der Waals surface area contributed by atoms with Crippen LogP contribution in [0.2, 0.25) is 5.02 Å². The predicted molar refractivity (Wildman–Crippen MR) is 75.8 cm³/mol. The highest BCUT2D eigenvalue weighted by Gasteiger charge is 2.18. The summed E-state index contributed by atoms with van der Waals surface area (Å²) in [6, 6.07) is 4.93. The molecule has 1 aromatic carbocycles. The van der Waals surface area contributed by atoms with E-state index in [4.69, 9.17) is 11.6 Å². The van der Waals surface area contributed by atoms with Gasteiger partial charge < -0.3 is 5.11 Å². The zero-order valence-corrected chi connectivity index (χ0v) is 11.8. The summed E-state index contributed by atoms with van der Waals surface area (Å²) in [6.45, 7) is 0. The standard InChI is InChI=1S/C14H18ClFOS/c15-13-7-3-4-10(14(13)16)8-11(17)9-18-12-5-1-2-6-12/h3-4,7,11-12,17H,1-2,5-6,8-9H2. The van der Waals surface area contributed by atoms with Crippen molar-refractivity contribution in [3.63, 3.8) is 0 Å². The molecule has 0 bridgehead atoms. The summed E-state index contributed by atoms with van der Waals surface area (Å²) in [7, 11) is 0. The zero-order valence-electron chi connectivity index (χ0n) is 10.2. The van der Waals surface area contributed by atoms with Crippen LogP contribution in [-0.4, -0.2) is 22.2 Å². The van der Waals surface area contributed by atoms with Gasteiger partial charge >= 0.3 is 0 Å². The van der Waals surface area contributed by atoms with Crippen LogP contribution in [0, 0.1) is 5.82 Å². The Labute approximate surface area is 117 Å². The number of benzene rings is 1. The lowest BCUT2D eigenvalue weighted by atomic mass is 10.1. The van der Waals surface area contributed by atoms with E-state index in [1.54, 1.807) is 12.1 Å². The molecule has 0 aliphatic heterocycles. The van der Waals surface area contributed by atoms with Crippen molar-refractivity contribution < 1.29 is 9.50 Å². The van der Waals surface area contributed by atoms with Crippen LogP contribution in [0.5, 0.6) is 0 Å². The van der Waals surface area contributed by atoms with E-state index in [0.29, 0.717) is 23.0 Å². The van der Waals surface area contributed by atoms with Crippen LogP contribution >= 0.6 is 23.4 Å². The molecule has 0 saturated heterocycles. The van der Waals surface area contributed by atoms with E-state index < -0.39 is 11.9 Å². The maximum absolute atomic E-state index is 13.7. The van der Waals surface area contributed by atoms with Crippen molar-refractivity contribution in [3.05, 3.63) is 34.6 Å². The minimum absolute atomic E-state index is 0.128. The lowest BCUT2D eigenvalue weighted by Crippen LogP contribution is -2.16. The Balaban J connectivity index is 1.82. The Morgan fingerprint density at radius 2 is 2.11 bits per heavy atom. The summed E-state index contributed by atoms with van der Waals surface area (Å²) in [5.74, 6) is 0.278. The van der Waals surface area contributed by atoms with Gasteiger partial charge in [0.05, 0.1) is 11.1 Å². The number of halogens is 2. The summed E-state index contributed by atoms with van der Waals surface area (Å²) in [6.07, 6.45) is 4.95. The zero-order chi connectivity index (χ0) is 13.0. The average molecular weight is 289 g/mol. The molecular formula is C14H18ClFOS. The Bertz CT molecular complexity index is 393. The van der Waals surface area contributed by atoms with Crippen molar-refractivity contribution in [2.75, 3.05) is 5.75 Å². The highest BCUT2D eigenvalue weighted by atomic mass is 35.5. The third-order valence-corrected chi connectivity index (χ3v) is 5.13. The Morgan fingerprint density at radius 1 is 1.39 bits per heavy atom. The van der Waals surface area contributed by atoms with Gasteiger partial charge in [-0.25, -0.2) is 4.39 Å². The van der Waals surface area contributed by atoms with E-state index in [1.807, 2.05) is 11.8 Å². The molecule has 1 nitrogen and oxygen atoms in total. The van der Waals surface area contributed by atoms with Gasteiger partial charge in [0.15, 0.2) is 0 Å². The van der Waals surface area contributed by atoms with Crippen LogP contribution in [0.3, 0.4) is 0 Å². The number of aliphatic hydroxyl groups is 1. The Kier molecular flexibility index (Phi) is 5.34. The Morgan fingerprint density at radius 3 is 2.83 bits per heavy atom. The topological polar surface area (TPSA) is 20.2 Å². The first-order chi connectivity index (χ1) is 8.66. The van der Waals surface area contributed by atoms with Gasteiger partial charge in [-0.15, -0.1) is 0 Å². The number of hydrogen-bond acceptors (Lipinski definition) is 2. The second-order valence-electron chi connectivity index (χ2n) is 4.81. The Hall–Kier alpha value is -0.250. The summed E-state index contributed by atoms with van der Waals surface area (Å²) in [4.78, 5) is 0. The smallest absolute Gasteiger partial charge is 0.145 e. The third kappa shape index (κ3) is 3.87. The van der Waals surface area contributed by atoms with Crippen LogP contribution in [0.15, 0.2) is 18.2 Å². The number of thioether (sulfide) groups is 1. The molecule has 0 amide bonds. The van der Waals surface area contributed by atoms with E-state index in [1.165, 1.54) is 31.7 Å². The van der Waals surface area contributed by atoms with Gasteiger partial charge in [0.25, 0.3) is 0 Å². The molecule has 1 aliphatic rings. The average Bonchev–Trinajstić information content (AvgIpc) is 2.86. The highest BCUT2D eigenvalue weighted by molar-refractivity contribution is 7.99. The van der Waals surface area contributed by atoms with E-state index in [-0.39, 0.29) is 5.02 Å². The fraction of sp³-hybridized carbons (Fsp3) is 0.571. The maximum atomic E-state index is 13.7. The molecule has 100 valence electrons. The van der Waals surface area contributed by atoms with Gasteiger partial charge in [-0.1, -0.05) is 36.6 Å². The summed E-state index contributed by atoms with van der Waals surface area (Å²) in [5, 5.41) is 10.8. The van der Waals surface area contributed by atoms with Crippen molar-refractivity contribution >= 4 is 23.4 Å². The van der Waals surface area contributed by atoms with Crippen LogP contribution in [0.4, 0.5) is 4.39 Å². The molecule has 4 heteroatoms. The van der Waals surface area contributed by atoms with Crippen molar-refractivity contribution in [2.24, 2.45) is 0 Å². The van der Waals surface area contributed by atoms with E-state index in [0.717, 1.165) is 0 Å². The van der Waals surface area contributed by atoms with E-state index in [9.17, 15) is 9.50 Å². The fourth-order valence-corrected chi connectivity index (χ4v) is 3.79. The monoisotopic (exact) mass is 288 g/mol. The molecule has 2 rings (SSSR count). The van der Waals surface area contributed by atoms with Crippen molar-refractivity contribution in [2.45, 2.75) is 43.5 Å². The lowest BCUT2D eigenvalue weighted by molar-refractivity contribution is 0.198. The van der Waals surface area contributed by atoms with Crippen molar-refractivity contribution in [1.29, 1.82) is 0 Å². The normalized spacial score (nSPS) is 18.2.